The van der Waals surface area contributed by atoms with E-state index in [2.05, 4.69) is 15.0 Å². The Morgan fingerprint density at radius 2 is 2.03 bits per heavy atom. The van der Waals surface area contributed by atoms with Crippen LogP contribution in [0.2, 0.25) is 0 Å². The van der Waals surface area contributed by atoms with Gasteiger partial charge < -0.3 is 9.42 Å². The lowest BCUT2D eigenvalue weighted by atomic mass is 10.0. The van der Waals surface area contributed by atoms with E-state index in [1.54, 1.807) is 18.3 Å². The van der Waals surface area contributed by atoms with Gasteiger partial charge in [-0.25, -0.2) is 18.7 Å². The van der Waals surface area contributed by atoms with E-state index in [0.29, 0.717) is 23.8 Å². The van der Waals surface area contributed by atoms with Crippen molar-refractivity contribution in [3.8, 4) is 11.3 Å². The van der Waals surface area contributed by atoms with Gasteiger partial charge in [-0.15, -0.1) is 0 Å². The molecule has 1 atom stereocenters. The summed E-state index contributed by atoms with van der Waals surface area (Å²) in [5, 5.41) is 4.08. The zero-order valence-electron chi connectivity index (χ0n) is 17.6. The van der Waals surface area contributed by atoms with Crippen molar-refractivity contribution in [3.63, 3.8) is 0 Å². The number of hydrogen-bond acceptors (Lipinski definition) is 6. The number of halogens is 2. The number of hydrogen-bond donors (Lipinski definition) is 0. The van der Waals surface area contributed by atoms with E-state index in [1.165, 1.54) is 0 Å². The molecular formula is C22H25F2N5O. The number of likely N-dealkylation sites (tertiary alicyclic amines) is 1. The molecule has 0 spiro atoms. The molecule has 0 unspecified atom stereocenters. The Bertz CT molecular complexity index is 1070. The van der Waals surface area contributed by atoms with Gasteiger partial charge in [0, 0.05) is 38.0 Å². The quantitative estimate of drug-likeness (QED) is 0.617. The first kappa shape index (κ1) is 20.4. The molecule has 1 aliphatic heterocycles. The van der Waals surface area contributed by atoms with Crippen LogP contribution in [0.5, 0.6) is 0 Å². The summed E-state index contributed by atoms with van der Waals surface area (Å²) < 4.78 is 33.6. The van der Waals surface area contributed by atoms with E-state index in [9.17, 15) is 8.78 Å². The summed E-state index contributed by atoms with van der Waals surface area (Å²) in [4.78, 5) is 13.3. The number of rotatable bonds is 5. The van der Waals surface area contributed by atoms with Gasteiger partial charge in [0.25, 0.3) is 0 Å². The van der Waals surface area contributed by atoms with Gasteiger partial charge in [-0.05, 0) is 39.3 Å². The van der Waals surface area contributed by atoms with E-state index >= 15 is 0 Å². The minimum absolute atomic E-state index is 0.0610. The van der Waals surface area contributed by atoms with Gasteiger partial charge in [0.2, 0.25) is 5.95 Å². The van der Waals surface area contributed by atoms with E-state index < -0.39 is 11.6 Å². The molecule has 0 amide bonds. The number of benzene rings is 1. The summed E-state index contributed by atoms with van der Waals surface area (Å²) >= 11 is 0. The molecule has 30 heavy (non-hydrogen) atoms. The number of nitrogens with zero attached hydrogens (tertiary/aromatic N) is 5. The fourth-order valence-electron chi connectivity index (χ4n) is 3.91. The van der Waals surface area contributed by atoms with Crippen molar-refractivity contribution in [2.75, 3.05) is 25.5 Å². The van der Waals surface area contributed by atoms with Crippen LogP contribution in [0.4, 0.5) is 14.7 Å². The summed E-state index contributed by atoms with van der Waals surface area (Å²) in [6.07, 6.45) is 3.57. The fourth-order valence-corrected chi connectivity index (χ4v) is 3.91. The highest BCUT2D eigenvalue weighted by atomic mass is 19.2. The minimum atomic E-state index is -0.825. The summed E-state index contributed by atoms with van der Waals surface area (Å²) in [6.45, 7) is 4.93. The topological polar surface area (TPSA) is 58.3 Å². The second kappa shape index (κ2) is 8.10. The third-order valence-electron chi connectivity index (χ3n) is 5.69. The lowest BCUT2D eigenvalue weighted by Gasteiger charge is -2.26. The monoisotopic (exact) mass is 413 g/mol. The molecule has 158 valence electrons. The van der Waals surface area contributed by atoms with Crippen LogP contribution in [0.1, 0.15) is 41.4 Å². The van der Waals surface area contributed by atoms with E-state index in [1.807, 2.05) is 32.8 Å². The minimum Gasteiger partial charge on any atom is -0.356 e. The van der Waals surface area contributed by atoms with Crippen LogP contribution in [-0.4, -0.2) is 40.7 Å². The molecule has 0 bridgehead atoms. The van der Waals surface area contributed by atoms with Crippen LogP contribution in [0.15, 0.2) is 28.9 Å². The Labute approximate surface area is 174 Å². The third-order valence-corrected chi connectivity index (χ3v) is 5.69. The standard InChI is InChI=1S/C22H25F2N5O/c1-13-14(2)27-30-21(13)16-11-25-22(28(3)4)26-20(16)18-9-6-10-29(18)12-15-7-5-8-17(23)19(15)24/h5,7-8,11,18H,6,9-10,12H2,1-4H3/t18-/m0/s1. The van der Waals surface area contributed by atoms with Gasteiger partial charge in [-0.3, -0.25) is 4.90 Å². The lowest BCUT2D eigenvalue weighted by Crippen LogP contribution is -2.25. The van der Waals surface area contributed by atoms with E-state index in [-0.39, 0.29) is 6.04 Å². The van der Waals surface area contributed by atoms with Gasteiger partial charge in [-0.2, -0.15) is 0 Å². The average Bonchev–Trinajstić information content (AvgIpc) is 3.32. The summed E-state index contributed by atoms with van der Waals surface area (Å²) in [5.41, 5.74) is 3.71. The highest BCUT2D eigenvalue weighted by molar-refractivity contribution is 5.65. The molecule has 0 radical (unpaired) electrons. The maximum atomic E-state index is 14.3. The van der Waals surface area contributed by atoms with Gasteiger partial charge in [0.05, 0.1) is 23.0 Å². The first-order valence-electron chi connectivity index (χ1n) is 10.0. The molecule has 3 aromatic rings. The largest absolute Gasteiger partial charge is 0.356 e. The third kappa shape index (κ3) is 3.67. The molecule has 0 N–H and O–H groups in total. The molecule has 3 heterocycles. The van der Waals surface area contributed by atoms with Gasteiger partial charge >= 0.3 is 0 Å². The molecule has 0 saturated carbocycles. The second-order valence-corrected chi connectivity index (χ2v) is 7.93. The van der Waals surface area contributed by atoms with Crippen molar-refractivity contribution in [2.24, 2.45) is 0 Å². The van der Waals surface area contributed by atoms with Gasteiger partial charge in [-0.1, -0.05) is 17.3 Å². The van der Waals surface area contributed by atoms with Crippen molar-refractivity contribution >= 4 is 5.95 Å². The molecule has 1 saturated heterocycles. The van der Waals surface area contributed by atoms with Crippen molar-refractivity contribution in [3.05, 3.63) is 58.5 Å². The highest BCUT2D eigenvalue weighted by Crippen LogP contribution is 2.39. The fraction of sp³-hybridized carbons (Fsp3) is 0.409. The Hall–Kier alpha value is -2.87. The predicted octanol–water partition coefficient (Wildman–Crippen LogP) is 4.43. The second-order valence-electron chi connectivity index (χ2n) is 7.93. The SMILES string of the molecule is Cc1noc(-c2cnc(N(C)C)nc2[C@@H]2CCCN2Cc2cccc(F)c2F)c1C. The molecule has 1 aromatic carbocycles. The maximum Gasteiger partial charge on any atom is 0.225 e. The van der Waals surface area contributed by atoms with Crippen LogP contribution < -0.4 is 4.90 Å². The summed E-state index contributed by atoms with van der Waals surface area (Å²) in [5.74, 6) is -0.376. The molecule has 4 rings (SSSR count). The van der Waals surface area contributed by atoms with Crippen LogP contribution in [0.25, 0.3) is 11.3 Å². The molecular weight excluding hydrogens is 388 g/mol. The van der Waals surface area contributed by atoms with Crippen LogP contribution in [0.3, 0.4) is 0 Å². The molecule has 2 aromatic heterocycles. The zero-order chi connectivity index (χ0) is 21.4. The molecule has 0 aliphatic carbocycles. The smallest absolute Gasteiger partial charge is 0.225 e. The van der Waals surface area contributed by atoms with Crippen LogP contribution in [-0.2, 0) is 6.54 Å². The molecule has 1 aliphatic rings. The van der Waals surface area contributed by atoms with Crippen LogP contribution >= 0.6 is 0 Å². The van der Waals surface area contributed by atoms with Crippen molar-refractivity contribution < 1.29 is 13.3 Å². The first-order valence-corrected chi connectivity index (χ1v) is 10.0. The average molecular weight is 413 g/mol. The lowest BCUT2D eigenvalue weighted by molar-refractivity contribution is 0.240. The Morgan fingerprint density at radius 1 is 1.23 bits per heavy atom. The summed E-state index contributed by atoms with van der Waals surface area (Å²) in [7, 11) is 3.77. The molecule has 6 nitrogen and oxygen atoms in total. The summed E-state index contributed by atoms with van der Waals surface area (Å²) in [6, 6.07) is 4.25. The van der Waals surface area contributed by atoms with Crippen molar-refractivity contribution in [1.82, 2.24) is 20.0 Å². The van der Waals surface area contributed by atoms with Crippen LogP contribution in [0, 0.1) is 25.5 Å². The zero-order valence-corrected chi connectivity index (χ0v) is 17.6. The van der Waals surface area contributed by atoms with Crippen molar-refractivity contribution in [2.45, 2.75) is 39.3 Å². The molecule has 8 heteroatoms. The van der Waals surface area contributed by atoms with Gasteiger partial charge in [0.15, 0.2) is 17.4 Å². The number of aromatic nitrogens is 3. The first-order chi connectivity index (χ1) is 14.4. The number of anilines is 1. The van der Waals surface area contributed by atoms with E-state index in [0.717, 1.165) is 48.0 Å². The Morgan fingerprint density at radius 3 is 2.73 bits per heavy atom. The van der Waals surface area contributed by atoms with Gasteiger partial charge in [0.1, 0.15) is 0 Å². The maximum absolute atomic E-state index is 14.3. The molecule has 1 fully saturated rings. The van der Waals surface area contributed by atoms with E-state index in [4.69, 9.17) is 9.51 Å². The predicted molar refractivity (Wildman–Crippen MR) is 110 cm³/mol. The van der Waals surface area contributed by atoms with Crippen molar-refractivity contribution in [1.29, 1.82) is 0 Å². The number of aryl methyl sites for hydroxylation is 1. The normalized spacial score (nSPS) is 16.9. The Kier molecular flexibility index (Phi) is 5.51. The Balaban J connectivity index is 1.76. The highest BCUT2D eigenvalue weighted by Gasteiger charge is 2.32.